The average molecular weight is 296 g/mol. The fourth-order valence-electron chi connectivity index (χ4n) is 0. The molecule has 0 N–H and O–H groups in total. The smallest absolute Gasteiger partial charge is 0 e. The van der Waals surface area contributed by atoms with Crippen LogP contribution in [0.2, 0.25) is 0 Å². The van der Waals surface area contributed by atoms with Gasteiger partial charge in [0.1, 0.15) is 0 Å². The van der Waals surface area contributed by atoms with Crippen molar-refractivity contribution in [3.05, 3.63) is 0 Å². The Morgan fingerprint density at radius 2 is 1.00 bits per heavy atom. The van der Waals surface area contributed by atoms with Crippen molar-refractivity contribution < 1.29 is 74.1 Å². The van der Waals surface area contributed by atoms with Crippen LogP contribution < -0.4 is 0 Å². The molecule has 0 saturated heterocycles. The van der Waals surface area contributed by atoms with E-state index in [2.05, 4.69) is 0 Å². The van der Waals surface area contributed by atoms with Gasteiger partial charge in [0.15, 0.2) is 0 Å². The molecule has 0 aliphatic carbocycles. The second kappa shape index (κ2) is 17.1. The summed E-state index contributed by atoms with van der Waals surface area (Å²) in [6.45, 7) is 0. The van der Waals surface area contributed by atoms with Gasteiger partial charge in [-0.2, -0.15) is 9.90 Å². The molecule has 0 nitrogen and oxygen atoms in total. The van der Waals surface area contributed by atoms with Crippen LogP contribution >= 0.6 is 9.90 Å². The molecule has 0 spiro atoms. The van der Waals surface area contributed by atoms with Crippen molar-refractivity contribution in [3.8, 4) is 0 Å². The van der Waals surface area contributed by atoms with E-state index in [1.54, 1.807) is 0 Å². The molecular formula is H3CoNdNiP. The largest absolute Gasteiger partial charge is 0.153 e. The van der Waals surface area contributed by atoms with Crippen molar-refractivity contribution in [1.82, 2.24) is 0 Å². The molecule has 1 radical (unpaired) electrons. The van der Waals surface area contributed by atoms with E-state index < -0.39 is 0 Å². The van der Waals surface area contributed by atoms with Gasteiger partial charge in [-0.05, 0) is 0 Å². The summed E-state index contributed by atoms with van der Waals surface area (Å²) in [4.78, 5) is 0. The SMILES string of the molecule is P.[Co].[Nd].[Ni]. The predicted molar refractivity (Wildman–Crippen MR) is 11.1 cm³/mol. The van der Waals surface area contributed by atoms with Gasteiger partial charge < -0.3 is 0 Å². The topological polar surface area (TPSA) is 0 Å². The Bertz CT molecular complexity index is 8.00. The van der Waals surface area contributed by atoms with Crippen molar-refractivity contribution in [2.75, 3.05) is 0 Å². The molecule has 0 aliphatic rings. The maximum Gasteiger partial charge on any atom is 0 e. The Balaban J connectivity index is 0. The second-order valence-electron chi connectivity index (χ2n) is 0. The summed E-state index contributed by atoms with van der Waals surface area (Å²) < 4.78 is 0. The summed E-state index contributed by atoms with van der Waals surface area (Å²) in [6, 6.07) is 0. The van der Waals surface area contributed by atoms with E-state index >= 15 is 0 Å². The quantitative estimate of drug-likeness (QED) is 0.438. The van der Waals surface area contributed by atoms with E-state index in [4.69, 9.17) is 0 Å². The Kier molecular flexibility index (Phi) is 125. The molecule has 0 amide bonds. The number of hydrogen-bond acceptors (Lipinski definition) is 0. The van der Waals surface area contributed by atoms with Crippen molar-refractivity contribution in [2.45, 2.75) is 0 Å². The van der Waals surface area contributed by atoms with E-state index in [9.17, 15) is 0 Å². The maximum absolute atomic E-state index is 0. The molecule has 0 aliphatic heterocycles. The molecule has 0 aromatic carbocycles. The zero-order valence-electron chi connectivity index (χ0n) is 1.86. The minimum absolute atomic E-state index is 0. The molecule has 0 saturated carbocycles. The first kappa shape index (κ1) is 29.3. The molecular weight excluding hydrogens is 293 g/mol. The first-order valence-electron chi connectivity index (χ1n) is 0. The third kappa shape index (κ3) is 8.84. The minimum atomic E-state index is 0. The minimum Gasteiger partial charge on any atom is -0.153 e. The molecule has 31 valence electrons. The van der Waals surface area contributed by atoms with Gasteiger partial charge in [0.25, 0.3) is 0 Å². The summed E-state index contributed by atoms with van der Waals surface area (Å²) in [6.07, 6.45) is 0. The first-order valence-corrected chi connectivity index (χ1v) is 0. The molecule has 0 bridgehead atoms. The van der Waals surface area contributed by atoms with Gasteiger partial charge in [-0.3, -0.25) is 0 Å². The van der Waals surface area contributed by atoms with Gasteiger partial charge in [-0.25, -0.2) is 0 Å². The number of rotatable bonds is 0. The Hall–Kier alpha value is 2.78. The molecule has 0 fully saturated rings. The third-order valence-corrected chi connectivity index (χ3v) is 0. The van der Waals surface area contributed by atoms with Crippen LogP contribution in [-0.4, -0.2) is 0 Å². The average Bonchev–Trinajstić information content (AvgIpc) is 0. The van der Waals surface area contributed by atoms with E-state index in [0.717, 1.165) is 0 Å². The van der Waals surface area contributed by atoms with Crippen LogP contribution in [0.1, 0.15) is 0 Å². The maximum atomic E-state index is 0. The van der Waals surface area contributed by atoms with Crippen LogP contribution in [0.3, 0.4) is 0 Å². The van der Waals surface area contributed by atoms with Crippen LogP contribution in [0.5, 0.6) is 0 Å². The summed E-state index contributed by atoms with van der Waals surface area (Å²) in [7, 11) is 0. The van der Waals surface area contributed by atoms with Crippen LogP contribution in [0.25, 0.3) is 0 Å². The van der Waals surface area contributed by atoms with Gasteiger partial charge in [0, 0.05) is 74.1 Å². The summed E-state index contributed by atoms with van der Waals surface area (Å²) in [5.41, 5.74) is 0. The van der Waals surface area contributed by atoms with Crippen molar-refractivity contribution >= 4 is 9.90 Å². The molecule has 1 atom stereocenters. The summed E-state index contributed by atoms with van der Waals surface area (Å²) in [5, 5.41) is 0. The van der Waals surface area contributed by atoms with Crippen LogP contribution in [0.4, 0.5) is 0 Å². The summed E-state index contributed by atoms with van der Waals surface area (Å²) in [5.74, 6) is 0. The van der Waals surface area contributed by atoms with Gasteiger partial charge in [-0.1, -0.05) is 0 Å². The normalized spacial score (nSPS) is 0. The zero-order valence-corrected chi connectivity index (χ0v) is 8.51. The second-order valence-corrected chi connectivity index (χ2v) is 0. The molecule has 4 heavy (non-hydrogen) atoms. The van der Waals surface area contributed by atoms with Crippen molar-refractivity contribution in [1.29, 1.82) is 0 Å². The first-order chi connectivity index (χ1) is 0. The molecule has 0 aromatic heterocycles. The molecule has 0 heterocycles. The van der Waals surface area contributed by atoms with Crippen molar-refractivity contribution in [3.63, 3.8) is 0 Å². The molecule has 1 unspecified atom stereocenters. The van der Waals surface area contributed by atoms with Gasteiger partial charge in [0.05, 0.1) is 0 Å². The fraction of sp³-hybridized carbons (Fsp3) is 0. The Morgan fingerprint density at radius 3 is 1.00 bits per heavy atom. The van der Waals surface area contributed by atoms with E-state index in [-0.39, 0.29) is 84.0 Å². The van der Waals surface area contributed by atoms with E-state index in [0.29, 0.717) is 0 Å². The number of hydrogen-bond donors (Lipinski definition) is 0. The van der Waals surface area contributed by atoms with Gasteiger partial charge in [-0.15, -0.1) is 0 Å². The van der Waals surface area contributed by atoms with Crippen LogP contribution in [0.15, 0.2) is 0 Å². The van der Waals surface area contributed by atoms with E-state index in [1.807, 2.05) is 0 Å². The molecule has 0 aromatic rings. The van der Waals surface area contributed by atoms with Gasteiger partial charge >= 0.3 is 0 Å². The summed E-state index contributed by atoms with van der Waals surface area (Å²) >= 11 is 0. The molecule has 4 heteroatoms. The Labute approximate surface area is 82.5 Å². The predicted octanol–water partition coefficient (Wildman–Crippen LogP) is 0.0531. The van der Waals surface area contributed by atoms with E-state index in [1.165, 1.54) is 0 Å². The van der Waals surface area contributed by atoms with Crippen LogP contribution in [0, 0.1) is 40.8 Å². The monoisotopic (exact) mass is 293 g/mol. The third-order valence-electron chi connectivity index (χ3n) is 0. The van der Waals surface area contributed by atoms with Crippen LogP contribution in [-0.2, 0) is 33.3 Å². The Morgan fingerprint density at radius 1 is 1.00 bits per heavy atom. The molecule has 0 rings (SSSR count). The zero-order chi connectivity index (χ0) is 0. The fourth-order valence-corrected chi connectivity index (χ4v) is 0. The van der Waals surface area contributed by atoms with Gasteiger partial charge in [0.2, 0.25) is 0 Å². The van der Waals surface area contributed by atoms with Crippen molar-refractivity contribution in [2.24, 2.45) is 0 Å². The standard InChI is InChI=1S/Co.Nd.Ni.H3P/h;;;1H3.